The molecule has 1 aromatic carbocycles. The topological polar surface area (TPSA) is 58.2 Å². The Morgan fingerprint density at radius 1 is 1.37 bits per heavy atom. The third kappa shape index (κ3) is 5.26. The van der Waals surface area contributed by atoms with Crippen LogP contribution in [0.25, 0.3) is 0 Å². The Balaban J connectivity index is 2.48. The van der Waals surface area contributed by atoms with Gasteiger partial charge in [-0.2, -0.15) is 0 Å². The predicted octanol–water partition coefficient (Wildman–Crippen LogP) is 2.12. The van der Waals surface area contributed by atoms with Crippen molar-refractivity contribution in [3.63, 3.8) is 0 Å². The molecule has 0 aliphatic rings. The lowest BCUT2D eigenvalue weighted by Gasteiger charge is -2.09. The monoisotopic (exact) mass is 286 g/mol. The minimum absolute atomic E-state index is 0.0496. The maximum absolute atomic E-state index is 13.4. The highest BCUT2D eigenvalue weighted by Crippen LogP contribution is 2.14. The van der Waals surface area contributed by atoms with Gasteiger partial charge in [-0.25, -0.2) is 4.39 Å². The molecule has 0 aliphatic carbocycles. The Morgan fingerprint density at radius 3 is 2.68 bits per heavy atom. The third-order valence-corrected chi connectivity index (χ3v) is 2.50. The molecule has 0 radical (unpaired) electrons. The van der Waals surface area contributed by atoms with E-state index in [9.17, 15) is 14.0 Å². The van der Waals surface area contributed by atoms with Gasteiger partial charge in [-0.05, 0) is 32.0 Å². The average Bonchev–Trinajstić information content (AvgIpc) is 2.31. The van der Waals surface area contributed by atoms with Crippen LogP contribution in [0.3, 0.4) is 0 Å². The highest BCUT2D eigenvalue weighted by Gasteiger charge is 2.12. The van der Waals surface area contributed by atoms with Gasteiger partial charge in [0, 0.05) is 24.0 Å². The van der Waals surface area contributed by atoms with E-state index >= 15 is 0 Å². The molecule has 0 aliphatic heterocycles. The van der Waals surface area contributed by atoms with E-state index in [2.05, 4.69) is 10.6 Å². The summed E-state index contributed by atoms with van der Waals surface area (Å²) in [6.07, 6.45) is 0.145. The van der Waals surface area contributed by atoms with Crippen molar-refractivity contribution in [3.8, 4) is 0 Å². The van der Waals surface area contributed by atoms with Crippen molar-refractivity contribution in [1.29, 1.82) is 0 Å². The minimum Gasteiger partial charge on any atom is -0.354 e. The average molecular weight is 287 g/mol. The number of benzene rings is 1. The van der Waals surface area contributed by atoms with Gasteiger partial charge in [0.1, 0.15) is 5.82 Å². The minimum atomic E-state index is -0.645. The molecule has 1 aromatic rings. The maximum atomic E-state index is 13.4. The smallest absolute Gasteiger partial charge is 0.254 e. The molecular weight excluding hydrogens is 271 g/mol. The zero-order valence-electron chi connectivity index (χ0n) is 10.8. The van der Waals surface area contributed by atoms with Gasteiger partial charge in [0.25, 0.3) is 5.91 Å². The first-order chi connectivity index (χ1) is 8.90. The summed E-state index contributed by atoms with van der Waals surface area (Å²) in [5, 5.41) is 5.45. The van der Waals surface area contributed by atoms with Crippen LogP contribution in [0, 0.1) is 5.82 Å². The first kappa shape index (κ1) is 15.4. The van der Waals surface area contributed by atoms with Gasteiger partial charge in [0.05, 0.1) is 5.56 Å². The van der Waals surface area contributed by atoms with Crippen molar-refractivity contribution in [2.75, 3.05) is 6.54 Å². The Kier molecular flexibility index (Phi) is 5.76. The number of carbonyl (C=O) groups excluding carboxylic acids is 2. The summed E-state index contributed by atoms with van der Waals surface area (Å²) in [5.74, 6) is -1.40. The van der Waals surface area contributed by atoms with Crippen LogP contribution in [0.1, 0.15) is 30.6 Å². The molecule has 0 aromatic heterocycles. The number of hydrogen-bond acceptors (Lipinski definition) is 2. The van der Waals surface area contributed by atoms with Crippen LogP contribution < -0.4 is 10.6 Å². The molecule has 104 valence electrons. The molecule has 0 bridgehead atoms. The Morgan fingerprint density at radius 2 is 2.05 bits per heavy atom. The third-order valence-electron chi connectivity index (χ3n) is 2.26. The largest absolute Gasteiger partial charge is 0.354 e. The summed E-state index contributed by atoms with van der Waals surface area (Å²) in [7, 11) is 0. The van der Waals surface area contributed by atoms with Crippen molar-refractivity contribution >= 4 is 23.4 Å². The zero-order valence-corrected chi connectivity index (χ0v) is 11.6. The molecule has 0 atom stereocenters. The number of hydrogen-bond donors (Lipinski definition) is 2. The zero-order chi connectivity index (χ0) is 14.4. The summed E-state index contributed by atoms with van der Waals surface area (Å²) in [4.78, 5) is 23.0. The van der Waals surface area contributed by atoms with Gasteiger partial charge in [0.15, 0.2) is 0 Å². The molecule has 0 saturated carbocycles. The highest BCUT2D eigenvalue weighted by atomic mass is 35.5. The number of nitrogens with one attached hydrogen (secondary N) is 2. The molecule has 0 heterocycles. The van der Waals surface area contributed by atoms with E-state index in [1.54, 1.807) is 0 Å². The highest BCUT2D eigenvalue weighted by molar-refractivity contribution is 6.31. The number of halogens is 2. The van der Waals surface area contributed by atoms with E-state index in [1.165, 1.54) is 12.1 Å². The van der Waals surface area contributed by atoms with Gasteiger partial charge < -0.3 is 10.6 Å². The second-order valence-corrected chi connectivity index (χ2v) is 4.79. The van der Waals surface area contributed by atoms with E-state index in [1.807, 2.05) is 13.8 Å². The lowest BCUT2D eigenvalue weighted by atomic mass is 10.2. The Hall–Kier alpha value is -1.62. The number of rotatable bonds is 5. The standard InChI is InChI=1S/C13H16ClFN2O2/c1-8(2)17-12(18)5-6-16-13(19)10-7-9(14)3-4-11(10)15/h3-4,7-8H,5-6H2,1-2H3,(H,16,19)(H,17,18). The maximum Gasteiger partial charge on any atom is 0.254 e. The molecule has 1 rings (SSSR count). The van der Waals surface area contributed by atoms with E-state index in [-0.39, 0.29) is 35.5 Å². The fraction of sp³-hybridized carbons (Fsp3) is 0.385. The van der Waals surface area contributed by atoms with E-state index in [4.69, 9.17) is 11.6 Å². The van der Waals surface area contributed by atoms with Crippen LogP contribution in [-0.2, 0) is 4.79 Å². The number of amides is 2. The first-order valence-electron chi connectivity index (χ1n) is 5.92. The van der Waals surface area contributed by atoms with E-state index < -0.39 is 11.7 Å². The fourth-order valence-corrected chi connectivity index (χ4v) is 1.62. The van der Waals surface area contributed by atoms with Crippen LogP contribution >= 0.6 is 11.6 Å². The molecule has 0 saturated heterocycles. The lowest BCUT2D eigenvalue weighted by molar-refractivity contribution is -0.121. The molecular formula is C13H16ClFN2O2. The quantitative estimate of drug-likeness (QED) is 0.871. The molecule has 4 nitrogen and oxygen atoms in total. The predicted molar refractivity (Wildman–Crippen MR) is 71.6 cm³/mol. The van der Waals surface area contributed by atoms with Crippen LogP contribution in [0.5, 0.6) is 0 Å². The fourth-order valence-electron chi connectivity index (χ4n) is 1.45. The van der Waals surface area contributed by atoms with Crippen molar-refractivity contribution in [3.05, 3.63) is 34.6 Å². The van der Waals surface area contributed by atoms with Crippen molar-refractivity contribution in [2.45, 2.75) is 26.3 Å². The summed E-state index contributed by atoms with van der Waals surface area (Å²) in [5.41, 5.74) is -0.128. The first-order valence-corrected chi connectivity index (χ1v) is 6.30. The van der Waals surface area contributed by atoms with E-state index in [0.717, 1.165) is 6.07 Å². The van der Waals surface area contributed by atoms with Gasteiger partial charge in [0.2, 0.25) is 5.91 Å². The van der Waals surface area contributed by atoms with Crippen molar-refractivity contribution < 1.29 is 14.0 Å². The molecule has 2 amide bonds. The second-order valence-electron chi connectivity index (χ2n) is 4.35. The molecule has 0 unspecified atom stereocenters. The SMILES string of the molecule is CC(C)NC(=O)CCNC(=O)c1cc(Cl)ccc1F. The van der Waals surface area contributed by atoms with Gasteiger partial charge in [-0.1, -0.05) is 11.6 Å². The number of carbonyl (C=O) groups is 2. The molecule has 19 heavy (non-hydrogen) atoms. The van der Waals surface area contributed by atoms with Gasteiger partial charge in [-0.3, -0.25) is 9.59 Å². The molecule has 0 spiro atoms. The van der Waals surface area contributed by atoms with Gasteiger partial charge >= 0.3 is 0 Å². The van der Waals surface area contributed by atoms with Crippen LogP contribution in [0.2, 0.25) is 5.02 Å². The van der Waals surface area contributed by atoms with Crippen LogP contribution in [-0.4, -0.2) is 24.4 Å². The molecule has 6 heteroatoms. The molecule has 0 fully saturated rings. The van der Waals surface area contributed by atoms with Crippen LogP contribution in [0.15, 0.2) is 18.2 Å². The normalized spacial score (nSPS) is 10.4. The second kappa shape index (κ2) is 7.09. The summed E-state index contributed by atoms with van der Waals surface area (Å²) in [6, 6.07) is 3.79. The van der Waals surface area contributed by atoms with Gasteiger partial charge in [-0.15, -0.1) is 0 Å². The summed E-state index contributed by atoms with van der Waals surface area (Å²) >= 11 is 5.69. The summed E-state index contributed by atoms with van der Waals surface area (Å²) in [6.45, 7) is 3.83. The Labute approximate surface area is 116 Å². The van der Waals surface area contributed by atoms with Crippen molar-refractivity contribution in [1.82, 2.24) is 10.6 Å². The van der Waals surface area contributed by atoms with Crippen molar-refractivity contribution in [2.24, 2.45) is 0 Å². The lowest BCUT2D eigenvalue weighted by Crippen LogP contribution is -2.34. The molecule has 2 N–H and O–H groups in total. The summed E-state index contributed by atoms with van der Waals surface area (Å²) < 4.78 is 13.4. The van der Waals surface area contributed by atoms with E-state index in [0.29, 0.717) is 0 Å². The van der Waals surface area contributed by atoms with Crippen LogP contribution in [0.4, 0.5) is 4.39 Å². The Bertz CT molecular complexity index is 478.